The van der Waals surface area contributed by atoms with E-state index in [1.807, 2.05) is 30.3 Å². The van der Waals surface area contributed by atoms with Crippen molar-refractivity contribution in [2.75, 3.05) is 7.11 Å². The molecule has 5 nitrogen and oxygen atoms in total. The van der Waals surface area contributed by atoms with Gasteiger partial charge in [-0.15, -0.1) is 0 Å². The SMILES string of the molecule is COc1ccc(-c2n[nH]c(=S)n2/N=C/c2ccc(Cl)c(Cl)c2)cc1. The predicted molar refractivity (Wildman–Crippen MR) is 98.9 cm³/mol. The second-order valence-electron chi connectivity index (χ2n) is 4.81. The number of hydrogen-bond acceptors (Lipinski definition) is 4. The van der Waals surface area contributed by atoms with Crippen molar-refractivity contribution in [1.29, 1.82) is 0 Å². The van der Waals surface area contributed by atoms with E-state index in [1.165, 1.54) is 0 Å². The Kier molecular flexibility index (Phi) is 4.99. The highest BCUT2D eigenvalue weighted by Crippen LogP contribution is 2.23. The van der Waals surface area contributed by atoms with Gasteiger partial charge in [0.15, 0.2) is 5.82 Å². The number of aromatic nitrogens is 3. The molecule has 24 heavy (non-hydrogen) atoms. The maximum atomic E-state index is 6.01. The molecule has 0 aliphatic rings. The molecule has 3 aromatic rings. The van der Waals surface area contributed by atoms with Crippen molar-refractivity contribution in [2.45, 2.75) is 0 Å². The fourth-order valence-corrected chi connectivity index (χ4v) is 2.53. The topological polar surface area (TPSA) is 55.2 Å². The molecule has 1 heterocycles. The first-order valence-corrected chi connectivity index (χ1v) is 8.06. The standard InChI is InChI=1S/C16H12Cl2N4OS/c1-23-12-5-3-11(4-6-12)15-20-21-16(24)22(15)19-9-10-2-7-13(17)14(18)8-10/h2-9H,1H3,(H,21,24)/b19-9+. The zero-order valence-corrected chi connectivity index (χ0v) is 14.9. The van der Waals surface area contributed by atoms with Crippen LogP contribution in [0.2, 0.25) is 10.0 Å². The second-order valence-corrected chi connectivity index (χ2v) is 6.01. The van der Waals surface area contributed by atoms with E-state index in [2.05, 4.69) is 15.3 Å². The lowest BCUT2D eigenvalue weighted by Crippen LogP contribution is -1.95. The molecule has 0 fully saturated rings. The van der Waals surface area contributed by atoms with Crippen LogP contribution >= 0.6 is 35.4 Å². The van der Waals surface area contributed by atoms with Crippen LogP contribution in [-0.4, -0.2) is 28.2 Å². The summed E-state index contributed by atoms with van der Waals surface area (Å²) in [5.74, 6) is 1.36. The van der Waals surface area contributed by atoms with Crippen molar-refractivity contribution in [3.8, 4) is 17.1 Å². The summed E-state index contributed by atoms with van der Waals surface area (Å²) in [4.78, 5) is 0. The number of H-pyrrole nitrogens is 1. The molecule has 1 aromatic heterocycles. The molecule has 0 amide bonds. The molecule has 0 spiro atoms. The Labute approximate surface area is 153 Å². The molecular formula is C16H12Cl2N4OS. The number of rotatable bonds is 4. The molecule has 0 aliphatic carbocycles. The molecule has 3 rings (SSSR count). The smallest absolute Gasteiger partial charge is 0.216 e. The van der Waals surface area contributed by atoms with Crippen molar-refractivity contribution in [2.24, 2.45) is 5.10 Å². The lowest BCUT2D eigenvalue weighted by atomic mass is 10.2. The van der Waals surface area contributed by atoms with Gasteiger partial charge in [0.05, 0.1) is 23.4 Å². The molecule has 1 N–H and O–H groups in total. The van der Waals surface area contributed by atoms with Gasteiger partial charge in [0.2, 0.25) is 4.77 Å². The van der Waals surface area contributed by atoms with Gasteiger partial charge in [-0.05, 0) is 54.2 Å². The van der Waals surface area contributed by atoms with E-state index < -0.39 is 0 Å². The molecule has 122 valence electrons. The Morgan fingerprint density at radius 1 is 1.17 bits per heavy atom. The highest BCUT2D eigenvalue weighted by Gasteiger charge is 2.08. The van der Waals surface area contributed by atoms with Crippen molar-refractivity contribution in [3.05, 3.63) is 62.8 Å². The van der Waals surface area contributed by atoms with E-state index in [4.69, 9.17) is 40.2 Å². The summed E-state index contributed by atoms with van der Waals surface area (Å²) in [5, 5.41) is 12.3. The average molecular weight is 379 g/mol. The van der Waals surface area contributed by atoms with Crippen LogP contribution in [0, 0.1) is 4.77 Å². The second kappa shape index (κ2) is 7.17. The third-order valence-corrected chi connectivity index (χ3v) is 4.27. The summed E-state index contributed by atoms with van der Waals surface area (Å²) in [6, 6.07) is 12.7. The first-order valence-electron chi connectivity index (χ1n) is 6.90. The summed E-state index contributed by atoms with van der Waals surface area (Å²) in [6.45, 7) is 0. The van der Waals surface area contributed by atoms with Crippen LogP contribution in [0.5, 0.6) is 5.75 Å². The van der Waals surface area contributed by atoms with Crippen LogP contribution in [0.1, 0.15) is 5.56 Å². The summed E-state index contributed by atoms with van der Waals surface area (Å²) < 4.78 is 7.09. The van der Waals surface area contributed by atoms with Gasteiger partial charge in [-0.1, -0.05) is 29.3 Å². The lowest BCUT2D eigenvalue weighted by Gasteiger charge is -2.03. The molecule has 0 unspecified atom stereocenters. The Morgan fingerprint density at radius 3 is 2.58 bits per heavy atom. The largest absolute Gasteiger partial charge is 0.497 e. The number of aromatic amines is 1. The van der Waals surface area contributed by atoms with E-state index in [0.717, 1.165) is 16.9 Å². The Hall–Kier alpha value is -2.15. The zero-order chi connectivity index (χ0) is 17.1. The van der Waals surface area contributed by atoms with Gasteiger partial charge < -0.3 is 4.74 Å². The Bertz CT molecular complexity index is 947. The molecule has 0 saturated carbocycles. The minimum atomic E-state index is 0.386. The molecule has 0 aliphatic heterocycles. The third kappa shape index (κ3) is 3.51. The minimum absolute atomic E-state index is 0.386. The van der Waals surface area contributed by atoms with Crippen LogP contribution in [0.15, 0.2) is 47.6 Å². The van der Waals surface area contributed by atoms with Crippen molar-refractivity contribution >= 4 is 41.6 Å². The third-order valence-electron chi connectivity index (χ3n) is 3.26. The van der Waals surface area contributed by atoms with Gasteiger partial charge in [0.1, 0.15) is 5.75 Å². The van der Waals surface area contributed by atoms with Crippen LogP contribution in [0.3, 0.4) is 0 Å². The number of methoxy groups -OCH3 is 1. The van der Waals surface area contributed by atoms with E-state index >= 15 is 0 Å². The van der Waals surface area contributed by atoms with Gasteiger partial charge >= 0.3 is 0 Å². The summed E-state index contributed by atoms with van der Waals surface area (Å²) in [7, 11) is 1.62. The van der Waals surface area contributed by atoms with Gasteiger partial charge in [0.25, 0.3) is 0 Å². The average Bonchev–Trinajstić information content (AvgIpc) is 2.97. The first-order chi connectivity index (χ1) is 11.6. The van der Waals surface area contributed by atoms with Crippen LogP contribution in [0.4, 0.5) is 0 Å². The van der Waals surface area contributed by atoms with Gasteiger partial charge in [-0.2, -0.15) is 14.9 Å². The molecule has 0 bridgehead atoms. The van der Waals surface area contributed by atoms with Crippen molar-refractivity contribution in [3.63, 3.8) is 0 Å². The monoisotopic (exact) mass is 378 g/mol. The van der Waals surface area contributed by atoms with E-state index in [9.17, 15) is 0 Å². The molecule has 8 heteroatoms. The number of benzene rings is 2. The number of nitrogens with zero attached hydrogens (tertiary/aromatic N) is 3. The maximum Gasteiger partial charge on any atom is 0.216 e. The van der Waals surface area contributed by atoms with E-state index in [-0.39, 0.29) is 0 Å². The van der Waals surface area contributed by atoms with Crippen molar-refractivity contribution in [1.82, 2.24) is 14.9 Å². The molecular weight excluding hydrogens is 367 g/mol. The summed E-state index contributed by atoms with van der Waals surface area (Å²) in [6.07, 6.45) is 1.64. The highest BCUT2D eigenvalue weighted by molar-refractivity contribution is 7.71. The molecule has 2 aromatic carbocycles. The fourth-order valence-electron chi connectivity index (χ4n) is 2.04. The molecule has 0 radical (unpaired) electrons. The van der Waals surface area contributed by atoms with Gasteiger partial charge in [-0.3, -0.25) is 0 Å². The number of nitrogens with one attached hydrogen (secondary N) is 1. The lowest BCUT2D eigenvalue weighted by molar-refractivity contribution is 0.415. The Balaban J connectivity index is 1.96. The van der Waals surface area contributed by atoms with Crippen molar-refractivity contribution < 1.29 is 4.74 Å². The number of halogens is 2. The van der Waals surface area contributed by atoms with Gasteiger partial charge in [-0.25, -0.2) is 5.10 Å². The van der Waals surface area contributed by atoms with E-state index in [1.54, 1.807) is 30.1 Å². The predicted octanol–water partition coefficient (Wildman–Crippen LogP) is 4.81. The van der Waals surface area contributed by atoms with Crippen LogP contribution in [0.25, 0.3) is 11.4 Å². The quantitative estimate of drug-likeness (QED) is 0.523. The Morgan fingerprint density at radius 2 is 1.92 bits per heavy atom. The number of hydrogen-bond donors (Lipinski definition) is 1. The molecule has 0 saturated heterocycles. The maximum absolute atomic E-state index is 6.01. The van der Waals surface area contributed by atoms with Crippen LogP contribution in [-0.2, 0) is 0 Å². The highest BCUT2D eigenvalue weighted by atomic mass is 35.5. The summed E-state index contributed by atoms with van der Waals surface area (Å²) in [5.41, 5.74) is 1.66. The van der Waals surface area contributed by atoms with E-state index in [0.29, 0.717) is 20.6 Å². The minimum Gasteiger partial charge on any atom is -0.497 e. The van der Waals surface area contributed by atoms with Crippen LogP contribution < -0.4 is 4.74 Å². The zero-order valence-electron chi connectivity index (χ0n) is 12.5. The first kappa shape index (κ1) is 16.7. The number of ether oxygens (including phenoxy) is 1. The normalized spacial score (nSPS) is 11.1. The molecule has 0 atom stereocenters. The van der Waals surface area contributed by atoms with Gasteiger partial charge in [0, 0.05) is 5.56 Å². The fraction of sp³-hybridized carbons (Fsp3) is 0.0625. The summed E-state index contributed by atoms with van der Waals surface area (Å²) >= 11 is 17.2.